The van der Waals surface area contributed by atoms with Crippen molar-refractivity contribution in [1.29, 1.82) is 0 Å². The highest BCUT2D eigenvalue weighted by molar-refractivity contribution is 7.20. The SMILES string of the molecule is Cc1c(C(=O)Nc2ccc(F)c(Cl)c2)sc2ncn(Cc3ccccc3Cl)c(=O)c12. The molecule has 9 heteroatoms. The van der Waals surface area contributed by atoms with E-state index >= 15 is 0 Å². The third kappa shape index (κ3) is 3.84. The van der Waals surface area contributed by atoms with Crippen LogP contribution in [0.5, 0.6) is 0 Å². The van der Waals surface area contributed by atoms with Gasteiger partial charge in [-0.05, 0) is 42.3 Å². The Morgan fingerprint density at radius 2 is 1.97 bits per heavy atom. The molecule has 0 atom stereocenters. The first kappa shape index (κ1) is 20.5. The molecule has 0 bridgehead atoms. The van der Waals surface area contributed by atoms with Crippen molar-refractivity contribution >= 4 is 56.3 Å². The number of benzene rings is 2. The summed E-state index contributed by atoms with van der Waals surface area (Å²) in [4.78, 5) is 31.0. The van der Waals surface area contributed by atoms with Crippen LogP contribution in [-0.2, 0) is 6.54 Å². The third-order valence-corrected chi connectivity index (χ3v) is 6.46. The van der Waals surface area contributed by atoms with Gasteiger partial charge in [0.2, 0.25) is 0 Å². The Labute approximate surface area is 184 Å². The summed E-state index contributed by atoms with van der Waals surface area (Å²) in [6, 6.07) is 11.2. The first-order valence-electron chi connectivity index (χ1n) is 8.83. The topological polar surface area (TPSA) is 64.0 Å². The standard InChI is InChI=1S/C21H14Cl2FN3O2S/c1-11-17-20(25-10-27(21(17)29)9-12-4-2-3-5-14(12)22)30-18(11)19(28)26-13-6-7-16(24)15(23)8-13/h2-8,10H,9H2,1H3,(H,26,28). The molecule has 1 amide bonds. The molecule has 152 valence electrons. The molecule has 0 saturated heterocycles. The number of aryl methyl sites for hydroxylation is 1. The van der Waals surface area contributed by atoms with E-state index in [0.717, 1.165) is 16.9 Å². The lowest BCUT2D eigenvalue weighted by Gasteiger charge is -2.07. The largest absolute Gasteiger partial charge is 0.321 e. The second kappa shape index (κ2) is 8.18. The quantitative estimate of drug-likeness (QED) is 0.435. The number of nitrogens with one attached hydrogen (secondary N) is 1. The van der Waals surface area contributed by atoms with Gasteiger partial charge in [0.15, 0.2) is 0 Å². The number of hydrogen-bond donors (Lipinski definition) is 1. The zero-order valence-corrected chi connectivity index (χ0v) is 17.9. The van der Waals surface area contributed by atoms with Crippen molar-refractivity contribution in [2.45, 2.75) is 13.5 Å². The van der Waals surface area contributed by atoms with E-state index in [1.807, 2.05) is 18.2 Å². The summed E-state index contributed by atoms with van der Waals surface area (Å²) >= 11 is 13.1. The average molecular weight is 462 g/mol. The molecule has 5 nitrogen and oxygen atoms in total. The van der Waals surface area contributed by atoms with Crippen LogP contribution in [0.25, 0.3) is 10.2 Å². The summed E-state index contributed by atoms with van der Waals surface area (Å²) in [7, 11) is 0. The Morgan fingerprint density at radius 3 is 2.70 bits per heavy atom. The number of amides is 1. The van der Waals surface area contributed by atoms with Gasteiger partial charge < -0.3 is 5.32 Å². The van der Waals surface area contributed by atoms with E-state index in [9.17, 15) is 14.0 Å². The van der Waals surface area contributed by atoms with Gasteiger partial charge >= 0.3 is 0 Å². The van der Waals surface area contributed by atoms with Crippen LogP contribution in [0.15, 0.2) is 53.6 Å². The van der Waals surface area contributed by atoms with Crippen molar-refractivity contribution in [2.24, 2.45) is 0 Å². The Bertz CT molecular complexity index is 1350. The number of anilines is 1. The lowest BCUT2D eigenvalue weighted by molar-refractivity contribution is 0.103. The molecule has 30 heavy (non-hydrogen) atoms. The number of hydrogen-bond acceptors (Lipinski definition) is 4. The Morgan fingerprint density at radius 1 is 1.20 bits per heavy atom. The second-order valence-corrected chi connectivity index (χ2v) is 8.40. The highest BCUT2D eigenvalue weighted by atomic mass is 35.5. The monoisotopic (exact) mass is 461 g/mol. The van der Waals surface area contributed by atoms with Crippen LogP contribution < -0.4 is 10.9 Å². The number of nitrogens with zero attached hydrogens (tertiary/aromatic N) is 2. The first-order valence-corrected chi connectivity index (χ1v) is 10.4. The summed E-state index contributed by atoms with van der Waals surface area (Å²) in [6.07, 6.45) is 1.45. The van der Waals surface area contributed by atoms with Crippen LogP contribution in [-0.4, -0.2) is 15.5 Å². The lowest BCUT2D eigenvalue weighted by Crippen LogP contribution is -2.21. The fourth-order valence-electron chi connectivity index (χ4n) is 3.06. The van der Waals surface area contributed by atoms with Crippen LogP contribution in [0.1, 0.15) is 20.8 Å². The van der Waals surface area contributed by atoms with E-state index in [1.165, 1.54) is 29.1 Å². The number of halogens is 3. The van der Waals surface area contributed by atoms with E-state index in [1.54, 1.807) is 13.0 Å². The van der Waals surface area contributed by atoms with Crippen LogP contribution in [0.3, 0.4) is 0 Å². The summed E-state index contributed by atoms with van der Waals surface area (Å²) < 4.78 is 14.8. The zero-order chi connectivity index (χ0) is 21.4. The Kier molecular flexibility index (Phi) is 5.60. The fourth-order valence-corrected chi connectivity index (χ4v) is 4.47. The van der Waals surface area contributed by atoms with Gasteiger partial charge in [-0.2, -0.15) is 0 Å². The molecule has 2 aromatic carbocycles. The molecule has 0 radical (unpaired) electrons. The highest BCUT2D eigenvalue weighted by Crippen LogP contribution is 2.28. The molecule has 0 fully saturated rings. The second-order valence-electron chi connectivity index (χ2n) is 6.59. The normalized spacial score (nSPS) is 11.1. The van der Waals surface area contributed by atoms with Gasteiger partial charge in [0.1, 0.15) is 10.6 Å². The number of aromatic nitrogens is 2. The minimum atomic E-state index is -0.573. The smallest absolute Gasteiger partial charge is 0.266 e. The van der Waals surface area contributed by atoms with Crippen molar-refractivity contribution < 1.29 is 9.18 Å². The van der Waals surface area contributed by atoms with Crippen LogP contribution >= 0.6 is 34.5 Å². The highest BCUT2D eigenvalue weighted by Gasteiger charge is 2.20. The molecular formula is C21H14Cl2FN3O2S. The molecule has 4 aromatic rings. The number of thiophene rings is 1. The summed E-state index contributed by atoms with van der Waals surface area (Å²) in [5.74, 6) is -0.994. The van der Waals surface area contributed by atoms with Gasteiger partial charge in [0.25, 0.3) is 11.5 Å². The van der Waals surface area contributed by atoms with Gasteiger partial charge in [-0.15, -0.1) is 11.3 Å². The van der Waals surface area contributed by atoms with Crippen LogP contribution in [0.4, 0.5) is 10.1 Å². The van der Waals surface area contributed by atoms with Crippen molar-refractivity contribution in [3.05, 3.63) is 91.0 Å². The fraction of sp³-hybridized carbons (Fsp3) is 0.0952. The van der Waals surface area contributed by atoms with Gasteiger partial charge in [0.05, 0.1) is 28.2 Å². The van der Waals surface area contributed by atoms with E-state index < -0.39 is 11.7 Å². The van der Waals surface area contributed by atoms with Crippen molar-refractivity contribution in [3.63, 3.8) is 0 Å². The molecule has 2 aromatic heterocycles. The maximum Gasteiger partial charge on any atom is 0.266 e. The van der Waals surface area contributed by atoms with Gasteiger partial charge in [-0.3, -0.25) is 14.2 Å². The molecule has 0 aliphatic carbocycles. The molecule has 0 unspecified atom stereocenters. The third-order valence-electron chi connectivity index (χ3n) is 4.60. The van der Waals surface area contributed by atoms with Gasteiger partial charge in [0, 0.05) is 10.7 Å². The molecule has 0 spiro atoms. The van der Waals surface area contributed by atoms with E-state index in [0.29, 0.717) is 31.4 Å². The van der Waals surface area contributed by atoms with Gasteiger partial charge in [-0.25, -0.2) is 9.37 Å². The molecule has 2 heterocycles. The minimum absolute atomic E-state index is 0.0926. The lowest BCUT2D eigenvalue weighted by atomic mass is 10.2. The Hall–Kier alpha value is -2.74. The van der Waals surface area contributed by atoms with Crippen molar-refractivity contribution in [3.8, 4) is 0 Å². The molecular weight excluding hydrogens is 448 g/mol. The molecule has 0 aliphatic rings. The predicted molar refractivity (Wildman–Crippen MR) is 119 cm³/mol. The minimum Gasteiger partial charge on any atom is -0.321 e. The van der Waals surface area contributed by atoms with Crippen molar-refractivity contribution in [2.75, 3.05) is 5.32 Å². The van der Waals surface area contributed by atoms with E-state index in [-0.39, 0.29) is 17.1 Å². The molecule has 1 N–H and O–H groups in total. The van der Waals surface area contributed by atoms with Crippen LogP contribution in [0.2, 0.25) is 10.0 Å². The van der Waals surface area contributed by atoms with Gasteiger partial charge in [-0.1, -0.05) is 41.4 Å². The summed E-state index contributed by atoms with van der Waals surface area (Å²) in [5, 5.41) is 3.53. The van der Waals surface area contributed by atoms with Crippen LogP contribution in [0, 0.1) is 12.7 Å². The van der Waals surface area contributed by atoms with Crippen molar-refractivity contribution in [1.82, 2.24) is 9.55 Å². The Balaban J connectivity index is 1.69. The molecule has 4 rings (SSSR count). The zero-order valence-electron chi connectivity index (χ0n) is 15.6. The van der Waals surface area contributed by atoms with E-state index in [4.69, 9.17) is 23.2 Å². The average Bonchev–Trinajstić information content (AvgIpc) is 3.06. The molecule has 0 aliphatic heterocycles. The summed E-state index contributed by atoms with van der Waals surface area (Å²) in [5.41, 5.74) is 1.43. The number of carbonyl (C=O) groups is 1. The predicted octanol–water partition coefficient (Wildman–Crippen LogP) is 5.51. The summed E-state index contributed by atoms with van der Waals surface area (Å²) in [6.45, 7) is 1.97. The maximum absolute atomic E-state index is 13.3. The maximum atomic E-state index is 13.3. The number of fused-ring (bicyclic) bond motifs is 1. The molecule has 0 saturated carbocycles. The first-order chi connectivity index (χ1) is 14.3. The number of rotatable bonds is 4. The van der Waals surface area contributed by atoms with E-state index in [2.05, 4.69) is 10.3 Å². The number of carbonyl (C=O) groups excluding carboxylic acids is 1.